The minimum Gasteiger partial charge on any atom is -0.481 e. The molecular formula is C57H62ClF10N8O11PS2. The van der Waals surface area contributed by atoms with Gasteiger partial charge in [0.2, 0.25) is 5.91 Å². The molecule has 19 nitrogen and oxygen atoms in total. The Morgan fingerprint density at radius 2 is 1.57 bits per heavy atom. The number of aryl methyl sites for hydroxylation is 1. The van der Waals surface area contributed by atoms with E-state index in [1.54, 1.807) is 34.6 Å². The Hall–Kier alpha value is -7.23. The predicted octanol–water partition coefficient (Wildman–Crippen LogP) is 10.7. The number of carboxylic acid groups (broad SMARTS) is 1. The molecule has 2 amide bonds. The highest BCUT2D eigenvalue weighted by molar-refractivity contribution is 7.86. The molecule has 0 radical (unpaired) electrons. The number of carbonyl (C=O) groups excluding carboxylic acids is 3. The third kappa shape index (κ3) is 18.5. The molecule has 3 unspecified atom stereocenters. The van der Waals surface area contributed by atoms with Crippen molar-refractivity contribution in [3.05, 3.63) is 122 Å². The first-order valence-corrected chi connectivity index (χ1v) is 31.9. The molecule has 0 aliphatic heterocycles. The number of fused-ring (bicyclic) bond motifs is 2. The fourth-order valence-corrected chi connectivity index (χ4v) is 10.7. The maximum atomic E-state index is 15.0. The van der Waals surface area contributed by atoms with Gasteiger partial charge in [-0.2, -0.15) is 45.3 Å². The van der Waals surface area contributed by atoms with Crippen molar-refractivity contribution in [2.75, 3.05) is 30.4 Å². The molecule has 0 spiro atoms. The number of alkyl halides is 8. The summed E-state index contributed by atoms with van der Waals surface area (Å²) in [5.74, 6) is -3.63. The second-order valence-corrected chi connectivity index (χ2v) is 26.1. The number of amides is 2. The Morgan fingerprint density at radius 3 is 2.12 bits per heavy atom. The van der Waals surface area contributed by atoms with E-state index in [1.807, 2.05) is 13.8 Å². The van der Waals surface area contributed by atoms with Gasteiger partial charge in [-0.05, 0) is 93.1 Å². The van der Waals surface area contributed by atoms with Crippen LogP contribution < -0.4 is 19.5 Å². The third-order valence-corrected chi connectivity index (χ3v) is 16.8. The molecule has 7 rings (SSSR count). The van der Waals surface area contributed by atoms with Crippen molar-refractivity contribution in [1.29, 1.82) is 0 Å². The van der Waals surface area contributed by atoms with Gasteiger partial charge in [0.05, 0.1) is 34.1 Å². The molecule has 0 bridgehead atoms. The highest BCUT2D eigenvalue weighted by Gasteiger charge is 2.50. The van der Waals surface area contributed by atoms with Gasteiger partial charge in [0.15, 0.2) is 11.5 Å². The van der Waals surface area contributed by atoms with Crippen molar-refractivity contribution in [2.24, 2.45) is 0 Å². The van der Waals surface area contributed by atoms with Crippen molar-refractivity contribution >= 4 is 82.0 Å². The van der Waals surface area contributed by atoms with Crippen LogP contribution in [0.1, 0.15) is 122 Å². The Balaban J connectivity index is 0.000000440. The minimum absolute atomic E-state index is 0.0567. The molecule has 5 N–H and O–H groups in total. The second kappa shape index (κ2) is 28.9. The van der Waals surface area contributed by atoms with Crippen LogP contribution >= 0.6 is 19.4 Å². The van der Waals surface area contributed by atoms with Gasteiger partial charge < -0.3 is 25.1 Å². The van der Waals surface area contributed by atoms with E-state index in [1.165, 1.54) is 56.0 Å². The molecule has 3 heterocycles. The molecule has 0 saturated heterocycles. The summed E-state index contributed by atoms with van der Waals surface area (Å²) in [6, 6.07) is 8.71. The largest absolute Gasteiger partial charge is 0.524 e. The minimum atomic E-state index is -5.15. The molecule has 33 heteroatoms. The zero-order valence-corrected chi connectivity index (χ0v) is 53.0. The van der Waals surface area contributed by atoms with Crippen molar-refractivity contribution in [1.82, 2.24) is 35.2 Å². The second-order valence-electron chi connectivity index (χ2n) is 21.2. The van der Waals surface area contributed by atoms with E-state index in [0.717, 1.165) is 16.4 Å². The van der Waals surface area contributed by atoms with Crippen LogP contribution in [0.5, 0.6) is 5.75 Å². The van der Waals surface area contributed by atoms with Crippen molar-refractivity contribution in [3.63, 3.8) is 0 Å². The van der Waals surface area contributed by atoms with Crippen LogP contribution in [0.25, 0.3) is 22.0 Å². The summed E-state index contributed by atoms with van der Waals surface area (Å²) in [6.45, 7) is 9.20. The number of benzene rings is 3. The normalized spacial score (nSPS) is 14.1. The van der Waals surface area contributed by atoms with Gasteiger partial charge in [-0.1, -0.05) is 51.3 Å². The van der Waals surface area contributed by atoms with E-state index in [9.17, 15) is 67.3 Å². The first-order valence-electron chi connectivity index (χ1n) is 26.9. The van der Waals surface area contributed by atoms with Crippen molar-refractivity contribution in [2.45, 2.75) is 128 Å². The number of rotatable bonds is 20. The summed E-state index contributed by atoms with van der Waals surface area (Å²) in [7, 11) is -6.94. The number of halogens is 11. The number of hydrogen-bond donors (Lipinski definition) is 5. The number of aromatic nitrogens is 5. The quantitative estimate of drug-likeness (QED) is 0.0206. The summed E-state index contributed by atoms with van der Waals surface area (Å²) in [4.78, 5) is 70.5. The van der Waals surface area contributed by atoms with Gasteiger partial charge in [0, 0.05) is 89.0 Å². The van der Waals surface area contributed by atoms with Crippen LogP contribution in [0.15, 0.2) is 54.6 Å². The first kappa shape index (κ1) is 73.5. The van der Waals surface area contributed by atoms with E-state index >= 15 is 8.78 Å². The third-order valence-electron chi connectivity index (χ3n) is 13.6. The SMILES string of the molecule is CC.CN(c1nn(CC(F)(F)F)c2c(-c3ccc(C#CC(C)(C)S(C)=O)nc3C(Cc3cc(F)cc(F)c3)NC(=O)Cn3nc(C(F)(F)F)c4c3C(F)(F)CC4)ccc(Cl)c12)S(C)=O.Cc1cc(C(=O)NCCC(=O)O)cc(OP(=O)(O)O)c1C(C)(C)CC=O. The summed E-state index contributed by atoms with van der Waals surface area (Å²) < 4.78 is 185. The molecule has 1 aliphatic rings. The summed E-state index contributed by atoms with van der Waals surface area (Å²) in [5, 5.41) is 20.8. The summed E-state index contributed by atoms with van der Waals surface area (Å²) in [6.07, 6.45) is -9.09. The molecule has 3 aromatic heterocycles. The topological polar surface area (TPSA) is 265 Å². The molecular weight excluding hydrogens is 1290 g/mol. The van der Waals surface area contributed by atoms with Gasteiger partial charge in [0.1, 0.15) is 63.9 Å². The van der Waals surface area contributed by atoms with Crippen LogP contribution in [-0.4, -0.2) is 109 Å². The predicted molar refractivity (Wildman–Crippen MR) is 315 cm³/mol. The number of hydrogen-bond acceptors (Lipinski definition) is 11. The lowest BCUT2D eigenvalue weighted by atomic mass is 9.78. The van der Waals surface area contributed by atoms with Crippen LogP contribution in [0.4, 0.5) is 49.7 Å². The summed E-state index contributed by atoms with van der Waals surface area (Å²) >= 11 is 6.59. The first-order chi connectivity index (χ1) is 41.5. The van der Waals surface area contributed by atoms with E-state index in [0.29, 0.717) is 28.2 Å². The number of anilines is 1. The monoisotopic (exact) mass is 1350 g/mol. The number of phosphoric acid groups is 1. The number of nitrogens with zero attached hydrogens (tertiary/aromatic N) is 6. The molecule has 3 atom stereocenters. The molecule has 1 aliphatic carbocycles. The average Bonchev–Trinajstić information content (AvgIpc) is 1.56. The Bertz CT molecular complexity index is 3860. The van der Waals surface area contributed by atoms with Gasteiger partial charge >= 0.3 is 26.1 Å². The van der Waals surface area contributed by atoms with Crippen LogP contribution in [-0.2, 0) is 84.2 Å². The number of carbonyl (C=O) groups is 4. The van der Waals surface area contributed by atoms with E-state index in [-0.39, 0.29) is 85.2 Å². The Labute approximate surface area is 519 Å². The molecule has 0 fully saturated rings. The van der Waals surface area contributed by atoms with Gasteiger partial charge in [-0.3, -0.25) is 42.0 Å². The lowest BCUT2D eigenvalue weighted by Gasteiger charge is -2.28. The number of phosphoric ester groups is 1. The number of aliphatic carboxylic acids is 1. The van der Waals surface area contributed by atoms with Gasteiger partial charge in [0.25, 0.3) is 11.8 Å². The number of pyridine rings is 1. The van der Waals surface area contributed by atoms with Crippen molar-refractivity contribution < 1.29 is 95.5 Å². The number of aldehydes is 1. The molecule has 3 aromatic carbocycles. The lowest BCUT2D eigenvalue weighted by molar-refractivity contribution is -0.143. The zero-order valence-electron chi connectivity index (χ0n) is 49.7. The molecule has 90 heavy (non-hydrogen) atoms. The van der Waals surface area contributed by atoms with Gasteiger partial charge in [-0.25, -0.2) is 22.5 Å². The molecule has 0 saturated carbocycles. The molecule has 6 aromatic rings. The summed E-state index contributed by atoms with van der Waals surface area (Å²) in [5.41, 5.74) is -4.14. The lowest BCUT2D eigenvalue weighted by Crippen LogP contribution is -2.35. The average molecular weight is 1360 g/mol. The van der Waals surface area contributed by atoms with Gasteiger partial charge in [-0.15, -0.1) is 0 Å². The maximum absolute atomic E-state index is 15.0. The van der Waals surface area contributed by atoms with E-state index in [2.05, 4.69) is 37.7 Å². The van der Waals surface area contributed by atoms with E-state index < -0.39 is 143 Å². The van der Waals surface area contributed by atoms with Crippen LogP contribution in [0, 0.1) is 30.4 Å². The Morgan fingerprint density at radius 1 is 0.944 bits per heavy atom. The molecule has 490 valence electrons. The number of nitrogens with one attached hydrogen (secondary N) is 2. The highest BCUT2D eigenvalue weighted by atomic mass is 35.5. The number of carboxylic acids is 1. The van der Waals surface area contributed by atoms with E-state index in [4.69, 9.17) is 31.0 Å². The highest BCUT2D eigenvalue weighted by Crippen LogP contribution is 2.48. The smallest absolute Gasteiger partial charge is 0.481 e. The fraction of sp³-hybridized carbons (Fsp3) is 0.421. The zero-order chi connectivity index (χ0) is 68.0. The standard InChI is InChI=1S/C39H34ClF10N7O3S2.C16H22NO8P.C2H6/c1-36(2,61(4)59)12-10-23-6-7-24(25-8-9-27(40)30-32(25)57(19-38(45,46)47)54-35(30)55(3)62(5)60)31(51-23)28(16-20-14-21(41)17-22(42)15-20)52-29(58)18-56-34-26(11-13-37(34,43)44)33(53-56)39(48,49)50;1-10-8-11(15(21)17-6-4-13(19)20)9-12(25-26(22,23)24)14(10)16(2,3)5-7-18;1-2/h6-9,14-15,17,28H,11,13,16,18-19H2,1-5H3,(H,52,58);7-9H,4-6H2,1-3H3,(H,17,21)(H,19,20)(H2,22,23,24);1-2H3. The Kier molecular flexibility index (Phi) is 23.6. The fourth-order valence-electron chi connectivity index (χ4n) is 9.52. The van der Waals surface area contributed by atoms with Crippen LogP contribution in [0.2, 0.25) is 5.02 Å². The maximum Gasteiger partial charge on any atom is 0.524 e. The van der Waals surface area contributed by atoms with Crippen molar-refractivity contribution in [3.8, 4) is 28.7 Å². The van der Waals surface area contributed by atoms with Crippen LogP contribution in [0.3, 0.4) is 0 Å².